The molecule has 27 heavy (non-hydrogen) atoms. The van der Waals surface area contributed by atoms with Crippen molar-refractivity contribution in [2.24, 2.45) is 0 Å². The van der Waals surface area contributed by atoms with E-state index >= 15 is 0 Å². The van der Waals surface area contributed by atoms with Gasteiger partial charge in [0.2, 0.25) is 0 Å². The van der Waals surface area contributed by atoms with Crippen molar-refractivity contribution in [3.05, 3.63) is 77.3 Å². The van der Waals surface area contributed by atoms with Crippen LogP contribution in [-0.2, 0) is 11.3 Å². The Kier molecular flexibility index (Phi) is 5.49. The van der Waals surface area contributed by atoms with Crippen LogP contribution in [0.2, 0.25) is 0 Å². The summed E-state index contributed by atoms with van der Waals surface area (Å²) in [6, 6.07) is 20.1. The minimum absolute atomic E-state index is 0.222. The molecule has 0 aliphatic carbocycles. The third-order valence-electron chi connectivity index (χ3n) is 4.92. The van der Waals surface area contributed by atoms with Crippen molar-refractivity contribution < 1.29 is 9.53 Å². The Balaban J connectivity index is 1.30. The van der Waals surface area contributed by atoms with Gasteiger partial charge in [0, 0.05) is 30.0 Å². The molecule has 2 heterocycles. The molecule has 1 aliphatic heterocycles. The molecule has 0 radical (unpaired) electrons. The molecule has 4 nitrogen and oxygen atoms in total. The summed E-state index contributed by atoms with van der Waals surface area (Å²) in [4.78, 5) is 18.9. The van der Waals surface area contributed by atoms with Crippen molar-refractivity contribution in [2.75, 3.05) is 13.1 Å². The van der Waals surface area contributed by atoms with Crippen LogP contribution >= 0.6 is 11.3 Å². The molecule has 0 atom stereocenters. The summed E-state index contributed by atoms with van der Waals surface area (Å²) < 4.78 is 5.44. The standard InChI is InChI=1S/C22H22N2O2S/c25-22(26-15-17-7-3-1-4-8-17)24-13-11-18(12-14-24)20-16-27-21(23-20)19-9-5-2-6-10-19/h1-10,16,18H,11-15H2. The highest BCUT2D eigenvalue weighted by Gasteiger charge is 2.26. The van der Waals surface area contributed by atoms with E-state index in [0.29, 0.717) is 12.5 Å². The van der Waals surface area contributed by atoms with Crippen LogP contribution in [0.25, 0.3) is 10.6 Å². The Morgan fingerprint density at radius 1 is 1.04 bits per heavy atom. The summed E-state index contributed by atoms with van der Waals surface area (Å²) in [5.74, 6) is 0.414. The first-order chi connectivity index (χ1) is 13.3. The second-order valence-electron chi connectivity index (χ2n) is 6.75. The van der Waals surface area contributed by atoms with Gasteiger partial charge in [-0.25, -0.2) is 9.78 Å². The number of thiazole rings is 1. The van der Waals surface area contributed by atoms with Crippen molar-refractivity contribution >= 4 is 17.4 Å². The fraction of sp³-hybridized carbons (Fsp3) is 0.273. The first-order valence-corrected chi connectivity index (χ1v) is 10.1. The summed E-state index contributed by atoms with van der Waals surface area (Å²) in [6.07, 6.45) is 1.64. The number of rotatable bonds is 4. The Morgan fingerprint density at radius 2 is 1.70 bits per heavy atom. The summed E-state index contributed by atoms with van der Waals surface area (Å²) in [7, 11) is 0. The predicted octanol–water partition coefficient (Wildman–Crippen LogP) is 5.33. The van der Waals surface area contributed by atoms with Gasteiger partial charge in [-0.05, 0) is 18.4 Å². The van der Waals surface area contributed by atoms with E-state index < -0.39 is 0 Å². The number of nitrogens with zero attached hydrogens (tertiary/aromatic N) is 2. The molecule has 2 aromatic carbocycles. The average molecular weight is 378 g/mol. The highest BCUT2D eigenvalue weighted by molar-refractivity contribution is 7.13. The molecule has 0 spiro atoms. The fourth-order valence-electron chi connectivity index (χ4n) is 3.36. The molecular formula is C22H22N2O2S. The third kappa shape index (κ3) is 4.37. The van der Waals surface area contributed by atoms with Crippen molar-refractivity contribution in [2.45, 2.75) is 25.4 Å². The average Bonchev–Trinajstić information content (AvgIpc) is 3.24. The maximum absolute atomic E-state index is 12.3. The zero-order chi connectivity index (χ0) is 18.5. The summed E-state index contributed by atoms with van der Waals surface area (Å²) in [5.41, 5.74) is 3.32. The van der Waals surface area contributed by atoms with Crippen molar-refractivity contribution in [3.63, 3.8) is 0 Å². The smallest absolute Gasteiger partial charge is 0.410 e. The van der Waals surface area contributed by atoms with Crippen molar-refractivity contribution in [3.8, 4) is 10.6 Å². The first-order valence-electron chi connectivity index (χ1n) is 9.26. The van der Waals surface area contributed by atoms with E-state index in [1.54, 1.807) is 11.3 Å². The van der Waals surface area contributed by atoms with Crippen LogP contribution < -0.4 is 0 Å². The number of carbonyl (C=O) groups excluding carboxylic acids is 1. The predicted molar refractivity (Wildman–Crippen MR) is 108 cm³/mol. The Labute approximate surface area is 163 Å². The van der Waals surface area contributed by atoms with Gasteiger partial charge in [0.15, 0.2) is 0 Å². The van der Waals surface area contributed by atoms with Gasteiger partial charge < -0.3 is 9.64 Å². The van der Waals surface area contributed by atoms with E-state index in [9.17, 15) is 4.79 Å². The highest BCUT2D eigenvalue weighted by atomic mass is 32.1. The van der Waals surface area contributed by atoms with Crippen molar-refractivity contribution in [1.29, 1.82) is 0 Å². The quantitative estimate of drug-likeness (QED) is 0.616. The molecule has 0 N–H and O–H groups in total. The van der Waals surface area contributed by atoms with Crippen LogP contribution in [0, 0.1) is 0 Å². The van der Waals surface area contributed by atoms with Crippen LogP contribution in [0.15, 0.2) is 66.0 Å². The van der Waals surface area contributed by atoms with E-state index in [0.717, 1.165) is 47.8 Å². The summed E-state index contributed by atoms with van der Waals surface area (Å²) in [6.45, 7) is 1.76. The number of benzene rings is 2. The molecule has 0 bridgehead atoms. The largest absolute Gasteiger partial charge is 0.445 e. The number of piperidine rings is 1. The van der Waals surface area contributed by atoms with Crippen LogP contribution in [0.5, 0.6) is 0 Å². The topological polar surface area (TPSA) is 42.4 Å². The number of amides is 1. The molecule has 3 aromatic rings. The van der Waals surface area contributed by atoms with Crippen LogP contribution in [0.3, 0.4) is 0 Å². The first kappa shape index (κ1) is 17.7. The monoisotopic (exact) mass is 378 g/mol. The molecule has 5 heteroatoms. The van der Waals surface area contributed by atoms with Gasteiger partial charge in [-0.2, -0.15) is 0 Å². The van der Waals surface area contributed by atoms with Crippen LogP contribution in [0.4, 0.5) is 4.79 Å². The van der Waals surface area contributed by atoms with Gasteiger partial charge in [-0.1, -0.05) is 60.7 Å². The lowest BCUT2D eigenvalue weighted by Crippen LogP contribution is -2.38. The van der Waals surface area contributed by atoms with E-state index in [1.807, 2.05) is 53.4 Å². The Hall–Kier alpha value is -2.66. The zero-order valence-corrected chi connectivity index (χ0v) is 15.9. The lowest BCUT2D eigenvalue weighted by Gasteiger charge is -2.30. The number of hydrogen-bond acceptors (Lipinski definition) is 4. The molecule has 4 rings (SSSR count). The summed E-state index contributed by atoms with van der Waals surface area (Å²) in [5, 5.41) is 3.23. The maximum atomic E-state index is 12.3. The number of carbonyl (C=O) groups is 1. The molecule has 138 valence electrons. The highest BCUT2D eigenvalue weighted by Crippen LogP contribution is 2.32. The minimum Gasteiger partial charge on any atom is -0.445 e. The van der Waals surface area contributed by atoms with Gasteiger partial charge in [0.05, 0.1) is 5.69 Å². The van der Waals surface area contributed by atoms with Crippen LogP contribution in [0.1, 0.15) is 30.0 Å². The second-order valence-corrected chi connectivity index (χ2v) is 7.60. The lowest BCUT2D eigenvalue weighted by molar-refractivity contribution is 0.0868. The number of likely N-dealkylation sites (tertiary alicyclic amines) is 1. The molecule has 1 fully saturated rings. The van der Waals surface area contributed by atoms with Crippen molar-refractivity contribution in [1.82, 2.24) is 9.88 Å². The molecule has 0 saturated carbocycles. The lowest BCUT2D eigenvalue weighted by atomic mass is 9.94. The normalized spacial score (nSPS) is 14.9. The van der Waals surface area contributed by atoms with Gasteiger partial charge in [0.1, 0.15) is 11.6 Å². The second kappa shape index (κ2) is 8.35. The van der Waals surface area contributed by atoms with Gasteiger partial charge >= 0.3 is 6.09 Å². The third-order valence-corrected chi connectivity index (χ3v) is 5.83. The van der Waals surface area contributed by atoms with Gasteiger partial charge in [-0.15, -0.1) is 11.3 Å². The Bertz CT molecular complexity index is 872. The number of ether oxygens (including phenoxy) is 1. The Morgan fingerprint density at radius 3 is 2.41 bits per heavy atom. The number of hydrogen-bond donors (Lipinski definition) is 0. The van der Waals surface area contributed by atoms with Gasteiger partial charge in [0.25, 0.3) is 0 Å². The molecule has 0 unspecified atom stereocenters. The maximum Gasteiger partial charge on any atom is 0.410 e. The SMILES string of the molecule is O=C(OCc1ccccc1)N1CCC(c2csc(-c3ccccc3)n2)CC1. The number of aromatic nitrogens is 1. The molecule has 1 aliphatic rings. The molecular weight excluding hydrogens is 356 g/mol. The van der Waals surface area contributed by atoms with Gasteiger partial charge in [-0.3, -0.25) is 0 Å². The molecule has 1 aromatic heterocycles. The zero-order valence-electron chi connectivity index (χ0n) is 15.1. The van der Waals surface area contributed by atoms with E-state index in [-0.39, 0.29) is 6.09 Å². The van der Waals surface area contributed by atoms with E-state index in [2.05, 4.69) is 17.5 Å². The minimum atomic E-state index is -0.222. The summed E-state index contributed by atoms with van der Waals surface area (Å²) >= 11 is 1.69. The molecule has 1 saturated heterocycles. The van der Waals surface area contributed by atoms with Crippen LogP contribution in [-0.4, -0.2) is 29.1 Å². The molecule has 1 amide bonds. The fourth-order valence-corrected chi connectivity index (χ4v) is 4.26. The van der Waals surface area contributed by atoms with E-state index in [4.69, 9.17) is 9.72 Å². The van der Waals surface area contributed by atoms with E-state index in [1.165, 1.54) is 0 Å².